The fourth-order valence-electron chi connectivity index (χ4n) is 2.64. The molecular weight excluding hydrogens is 284 g/mol. The average Bonchev–Trinajstić information content (AvgIpc) is 2.59. The highest BCUT2D eigenvalue weighted by atomic mass is 16.5. The summed E-state index contributed by atoms with van der Waals surface area (Å²) in [5, 5.41) is 8.74. The van der Waals surface area contributed by atoms with Crippen molar-refractivity contribution in [2.45, 2.75) is 71.1 Å². The minimum atomic E-state index is 0.0803. The number of rotatable bonds is 14. The van der Waals surface area contributed by atoms with Gasteiger partial charge in [-0.25, -0.2) is 0 Å². The topological polar surface area (TPSA) is 29.5 Å². The maximum Gasteiger partial charge on any atom is 0.119 e. The minimum Gasteiger partial charge on any atom is -0.494 e. The van der Waals surface area contributed by atoms with Crippen molar-refractivity contribution in [2.75, 3.05) is 13.2 Å². The standard InChI is InChI=1S/C21H34O2/c1-2-3-4-5-6-7-8-9-10-11-19-23-21-16-14-20(15-17-21)13-12-18-22/h12-17,22H,2-11,18-19H2,1H3/b13-12+. The fraction of sp³-hybridized carbons (Fsp3) is 0.619. The molecule has 0 spiro atoms. The fourth-order valence-corrected chi connectivity index (χ4v) is 2.64. The van der Waals surface area contributed by atoms with Gasteiger partial charge in [0.15, 0.2) is 0 Å². The van der Waals surface area contributed by atoms with Gasteiger partial charge in [0.05, 0.1) is 13.2 Å². The molecule has 1 rings (SSSR count). The van der Waals surface area contributed by atoms with Crippen LogP contribution >= 0.6 is 0 Å². The summed E-state index contributed by atoms with van der Waals surface area (Å²) >= 11 is 0. The van der Waals surface area contributed by atoms with Crippen LogP contribution in [-0.4, -0.2) is 18.3 Å². The highest BCUT2D eigenvalue weighted by Gasteiger charge is 1.95. The number of benzene rings is 1. The third-order valence-corrected chi connectivity index (χ3v) is 4.06. The van der Waals surface area contributed by atoms with E-state index in [1.807, 2.05) is 30.3 Å². The molecule has 23 heavy (non-hydrogen) atoms. The van der Waals surface area contributed by atoms with Crippen LogP contribution in [0.1, 0.15) is 76.7 Å². The molecule has 0 saturated carbocycles. The van der Waals surface area contributed by atoms with Gasteiger partial charge in [-0.3, -0.25) is 0 Å². The minimum absolute atomic E-state index is 0.0803. The molecule has 0 heterocycles. The molecular formula is C21H34O2. The molecule has 0 aliphatic carbocycles. The molecule has 0 aromatic heterocycles. The molecule has 0 saturated heterocycles. The maximum atomic E-state index is 8.74. The van der Waals surface area contributed by atoms with Gasteiger partial charge >= 0.3 is 0 Å². The predicted octanol–water partition coefficient (Wildman–Crippen LogP) is 5.99. The van der Waals surface area contributed by atoms with Crippen molar-refractivity contribution in [3.05, 3.63) is 35.9 Å². The zero-order chi connectivity index (χ0) is 16.6. The molecule has 1 aromatic carbocycles. The van der Waals surface area contributed by atoms with E-state index in [4.69, 9.17) is 9.84 Å². The molecule has 0 aliphatic rings. The molecule has 2 heteroatoms. The third kappa shape index (κ3) is 11.0. The Morgan fingerprint density at radius 3 is 1.96 bits per heavy atom. The number of hydrogen-bond acceptors (Lipinski definition) is 2. The van der Waals surface area contributed by atoms with E-state index < -0.39 is 0 Å². The van der Waals surface area contributed by atoms with Crippen molar-refractivity contribution in [1.82, 2.24) is 0 Å². The Labute approximate surface area is 142 Å². The number of unbranched alkanes of at least 4 members (excludes halogenated alkanes) is 9. The van der Waals surface area contributed by atoms with Crippen LogP contribution in [0.2, 0.25) is 0 Å². The highest BCUT2D eigenvalue weighted by molar-refractivity contribution is 5.50. The van der Waals surface area contributed by atoms with Gasteiger partial charge in [0.25, 0.3) is 0 Å². The number of ether oxygens (including phenoxy) is 1. The van der Waals surface area contributed by atoms with Crippen molar-refractivity contribution in [3.8, 4) is 5.75 Å². The smallest absolute Gasteiger partial charge is 0.119 e. The SMILES string of the molecule is CCCCCCCCCCCCOc1ccc(/C=C/CO)cc1. The summed E-state index contributed by atoms with van der Waals surface area (Å²) in [5.41, 5.74) is 1.09. The first kappa shape index (κ1) is 19.8. The van der Waals surface area contributed by atoms with E-state index in [1.54, 1.807) is 6.08 Å². The zero-order valence-corrected chi connectivity index (χ0v) is 14.8. The van der Waals surface area contributed by atoms with Gasteiger partial charge in [-0.1, -0.05) is 89.0 Å². The van der Waals surface area contributed by atoms with Gasteiger partial charge in [0.2, 0.25) is 0 Å². The van der Waals surface area contributed by atoms with E-state index in [2.05, 4.69) is 6.92 Å². The molecule has 0 bridgehead atoms. The van der Waals surface area contributed by atoms with Crippen LogP contribution < -0.4 is 4.74 Å². The summed E-state index contributed by atoms with van der Waals surface area (Å²) in [6.07, 6.45) is 17.1. The van der Waals surface area contributed by atoms with Crippen molar-refractivity contribution < 1.29 is 9.84 Å². The first-order valence-corrected chi connectivity index (χ1v) is 9.37. The van der Waals surface area contributed by atoms with Crippen molar-refractivity contribution in [1.29, 1.82) is 0 Å². The number of hydrogen-bond donors (Lipinski definition) is 1. The van der Waals surface area contributed by atoms with Crippen molar-refractivity contribution in [3.63, 3.8) is 0 Å². The average molecular weight is 319 g/mol. The number of aliphatic hydroxyl groups is 1. The lowest BCUT2D eigenvalue weighted by atomic mass is 10.1. The molecule has 0 unspecified atom stereocenters. The Bertz CT molecular complexity index is 395. The van der Waals surface area contributed by atoms with Crippen LogP contribution in [0, 0.1) is 0 Å². The molecule has 2 nitrogen and oxygen atoms in total. The summed E-state index contributed by atoms with van der Waals surface area (Å²) < 4.78 is 5.76. The van der Waals surface area contributed by atoms with E-state index in [9.17, 15) is 0 Å². The van der Waals surface area contributed by atoms with Gasteiger partial charge in [-0.2, -0.15) is 0 Å². The lowest BCUT2D eigenvalue weighted by molar-refractivity contribution is 0.304. The van der Waals surface area contributed by atoms with Gasteiger partial charge in [-0.05, 0) is 24.1 Å². The Hall–Kier alpha value is -1.28. The monoisotopic (exact) mass is 318 g/mol. The van der Waals surface area contributed by atoms with Crippen LogP contribution in [0.3, 0.4) is 0 Å². The van der Waals surface area contributed by atoms with Gasteiger partial charge < -0.3 is 9.84 Å². The van der Waals surface area contributed by atoms with E-state index in [-0.39, 0.29) is 6.61 Å². The van der Waals surface area contributed by atoms with E-state index in [1.165, 1.54) is 57.8 Å². The Morgan fingerprint density at radius 2 is 1.39 bits per heavy atom. The molecule has 1 aromatic rings. The quantitative estimate of drug-likeness (QED) is 0.427. The van der Waals surface area contributed by atoms with E-state index in [0.29, 0.717) is 0 Å². The Morgan fingerprint density at radius 1 is 0.826 bits per heavy atom. The van der Waals surface area contributed by atoms with Gasteiger partial charge in [-0.15, -0.1) is 0 Å². The largest absolute Gasteiger partial charge is 0.494 e. The molecule has 0 fully saturated rings. The second-order valence-corrected chi connectivity index (χ2v) is 6.18. The van der Waals surface area contributed by atoms with Gasteiger partial charge in [0.1, 0.15) is 5.75 Å². The Balaban J connectivity index is 1.95. The lowest BCUT2D eigenvalue weighted by Gasteiger charge is -2.06. The summed E-state index contributed by atoms with van der Waals surface area (Å²) in [4.78, 5) is 0. The summed E-state index contributed by atoms with van der Waals surface area (Å²) in [6.45, 7) is 3.16. The predicted molar refractivity (Wildman–Crippen MR) is 99.9 cm³/mol. The highest BCUT2D eigenvalue weighted by Crippen LogP contribution is 2.14. The summed E-state index contributed by atoms with van der Waals surface area (Å²) in [7, 11) is 0. The van der Waals surface area contributed by atoms with Gasteiger partial charge in [0, 0.05) is 0 Å². The first-order chi connectivity index (χ1) is 11.4. The Kier molecular flexibility index (Phi) is 12.3. The van der Waals surface area contributed by atoms with Crippen LogP contribution in [-0.2, 0) is 0 Å². The van der Waals surface area contributed by atoms with Crippen LogP contribution in [0.15, 0.2) is 30.3 Å². The van der Waals surface area contributed by atoms with Crippen LogP contribution in [0.25, 0.3) is 6.08 Å². The summed E-state index contributed by atoms with van der Waals surface area (Å²) in [6, 6.07) is 8.01. The van der Waals surface area contributed by atoms with E-state index >= 15 is 0 Å². The van der Waals surface area contributed by atoms with Crippen LogP contribution in [0.5, 0.6) is 5.75 Å². The van der Waals surface area contributed by atoms with Crippen molar-refractivity contribution in [2.24, 2.45) is 0 Å². The third-order valence-electron chi connectivity index (χ3n) is 4.06. The first-order valence-electron chi connectivity index (χ1n) is 9.37. The summed E-state index contributed by atoms with van der Waals surface area (Å²) in [5.74, 6) is 0.932. The molecule has 130 valence electrons. The van der Waals surface area contributed by atoms with Crippen molar-refractivity contribution >= 4 is 6.08 Å². The molecule has 0 atom stereocenters. The molecule has 0 amide bonds. The number of aliphatic hydroxyl groups excluding tert-OH is 1. The van der Waals surface area contributed by atoms with Crippen LogP contribution in [0.4, 0.5) is 0 Å². The normalized spacial score (nSPS) is 11.2. The molecule has 0 radical (unpaired) electrons. The lowest BCUT2D eigenvalue weighted by Crippen LogP contribution is -1.97. The molecule has 1 N–H and O–H groups in total. The second-order valence-electron chi connectivity index (χ2n) is 6.18. The second kappa shape index (κ2) is 14.3. The zero-order valence-electron chi connectivity index (χ0n) is 14.8. The molecule has 0 aliphatic heterocycles. The van der Waals surface area contributed by atoms with E-state index in [0.717, 1.165) is 24.3 Å². The maximum absolute atomic E-state index is 8.74.